The zero-order chi connectivity index (χ0) is 33.2. The van der Waals surface area contributed by atoms with Crippen LogP contribution in [0.1, 0.15) is 13.3 Å². The Labute approximate surface area is 290 Å². The minimum Gasteiger partial charge on any atom is -0.331 e. The van der Waals surface area contributed by atoms with E-state index in [0.29, 0.717) is 0 Å². The number of para-hydroxylation sites is 1. The monoisotopic (exact) mass is 639 g/mol. The maximum atomic E-state index is 5.31. The Hall–Kier alpha value is -6.32. The summed E-state index contributed by atoms with van der Waals surface area (Å²) >= 11 is 0. The van der Waals surface area contributed by atoms with Crippen molar-refractivity contribution in [2.75, 3.05) is 0 Å². The third-order valence-electron chi connectivity index (χ3n) is 10.5. The molecule has 0 bridgehead atoms. The molecule has 9 aromatic rings. The van der Waals surface area contributed by atoms with Crippen molar-refractivity contribution in [1.82, 2.24) is 14.5 Å². The molecular weight excluding hydrogens is 607 g/mol. The van der Waals surface area contributed by atoms with Gasteiger partial charge in [-0.1, -0.05) is 133 Å². The Morgan fingerprint density at radius 3 is 2.04 bits per heavy atom. The molecule has 3 heteroatoms. The fourth-order valence-corrected chi connectivity index (χ4v) is 7.98. The van der Waals surface area contributed by atoms with Crippen LogP contribution in [-0.2, 0) is 5.54 Å². The van der Waals surface area contributed by atoms with Crippen LogP contribution in [0.4, 0.5) is 0 Å². The van der Waals surface area contributed by atoms with Crippen LogP contribution in [-0.4, -0.2) is 14.5 Å². The fraction of sp³-hybridized carbons (Fsp3) is 0.0638. The lowest BCUT2D eigenvalue weighted by Crippen LogP contribution is -2.27. The summed E-state index contributed by atoms with van der Waals surface area (Å²) in [5.74, 6) is 0.729. The SMILES string of the molecule is CC1(n2c3ccc(-c4nc(-c5ccc(-c6ccc7ccccc7c6)cc5)c5ccccc5n4)cc3c3c4ccccc4ccc32)C=CC=CC1. The molecule has 0 saturated heterocycles. The molecule has 0 amide bonds. The molecule has 10 rings (SSSR count). The molecule has 50 heavy (non-hydrogen) atoms. The van der Waals surface area contributed by atoms with Crippen molar-refractivity contribution in [3.05, 3.63) is 170 Å². The van der Waals surface area contributed by atoms with Crippen LogP contribution in [0.3, 0.4) is 0 Å². The van der Waals surface area contributed by atoms with Gasteiger partial charge in [0, 0.05) is 32.8 Å². The largest absolute Gasteiger partial charge is 0.331 e. The minimum absolute atomic E-state index is 0.176. The molecule has 0 spiro atoms. The lowest BCUT2D eigenvalue weighted by Gasteiger charge is -2.31. The van der Waals surface area contributed by atoms with Crippen LogP contribution >= 0.6 is 0 Å². The van der Waals surface area contributed by atoms with Crippen molar-refractivity contribution in [2.24, 2.45) is 0 Å². The summed E-state index contributed by atoms with van der Waals surface area (Å²) in [7, 11) is 0. The van der Waals surface area contributed by atoms with E-state index in [-0.39, 0.29) is 5.54 Å². The van der Waals surface area contributed by atoms with Gasteiger partial charge in [0.2, 0.25) is 0 Å². The van der Waals surface area contributed by atoms with Crippen molar-refractivity contribution in [3.8, 4) is 33.8 Å². The van der Waals surface area contributed by atoms with Gasteiger partial charge in [-0.3, -0.25) is 0 Å². The number of fused-ring (bicyclic) bond motifs is 7. The zero-order valence-electron chi connectivity index (χ0n) is 27.7. The molecule has 0 radical (unpaired) electrons. The average Bonchev–Trinajstić information content (AvgIpc) is 3.53. The van der Waals surface area contributed by atoms with E-state index in [2.05, 4.69) is 181 Å². The highest BCUT2D eigenvalue weighted by molar-refractivity contribution is 6.21. The van der Waals surface area contributed by atoms with E-state index in [1.54, 1.807) is 0 Å². The predicted molar refractivity (Wildman–Crippen MR) is 210 cm³/mol. The highest BCUT2D eigenvalue weighted by atomic mass is 15.1. The molecular formula is C47H33N3. The van der Waals surface area contributed by atoms with Gasteiger partial charge in [0.15, 0.2) is 5.82 Å². The van der Waals surface area contributed by atoms with Crippen molar-refractivity contribution < 1.29 is 0 Å². The molecule has 7 aromatic carbocycles. The number of rotatable bonds is 4. The first-order valence-electron chi connectivity index (χ1n) is 17.3. The Morgan fingerprint density at radius 2 is 1.20 bits per heavy atom. The second-order valence-corrected chi connectivity index (χ2v) is 13.6. The van der Waals surface area contributed by atoms with Gasteiger partial charge >= 0.3 is 0 Å². The topological polar surface area (TPSA) is 30.7 Å². The number of hydrogen-bond donors (Lipinski definition) is 0. The standard InChI is InChI=1S/C47H33N3/c1-47(27-9-2-10-28-47)50-42-25-24-37(30-40(42)44-38-14-6-5-12-33(38)23-26-43(44)50)46-48-41-16-8-7-15-39(41)45(49-46)34-20-17-32(18-21-34)36-22-19-31-11-3-4-13-35(31)29-36/h2-27,29-30H,28H2,1H3. The molecule has 1 aliphatic rings. The van der Waals surface area contributed by atoms with Gasteiger partial charge in [0.05, 0.1) is 22.3 Å². The number of nitrogens with zero attached hydrogens (tertiary/aromatic N) is 3. The number of benzene rings is 7. The molecule has 2 aromatic heterocycles. The lowest BCUT2D eigenvalue weighted by molar-refractivity contribution is 0.437. The normalized spacial score (nSPS) is 15.9. The Kier molecular flexibility index (Phi) is 6.37. The van der Waals surface area contributed by atoms with E-state index in [4.69, 9.17) is 9.97 Å². The van der Waals surface area contributed by atoms with Gasteiger partial charge < -0.3 is 4.57 Å². The molecule has 236 valence electrons. The first kappa shape index (κ1) is 28.7. The summed E-state index contributed by atoms with van der Waals surface area (Å²) < 4.78 is 2.53. The van der Waals surface area contributed by atoms with Crippen LogP contribution in [0.25, 0.3) is 88.0 Å². The summed E-state index contributed by atoms with van der Waals surface area (Å²) in [6.07, 6.45) is 9.86. The summed E-state index contributed by atoms with van der Waals surface area (Å²) in [4.78, 5) is 10.5. The van der Waals surface area contributed by atoms with Crippen LogP contribution in [0, 0.1) is 0 Å². The molecule has 2 heterocycles. The highest BCUT2D eigenvalue weighted by Gasteiger charge is 2.28. The van der Waals surface area contributed by atoms with Crippen molar-refractivity contribution >= 4 is 54.3 Å². The van der Waals surface area contributed by atoms with E-state index >= 15 is 0 Å². The van der Waals surface area contributed by atoms with E-state index in [0.717, 1.165) is 40.0 Å². The third kappa shape index (κ3) is 4.51. The van der Waals surface area contributed by atoms with Gasteiger partial charge in [-0.05, 0) is 82.4 Å². The lowest BCUT2D eigenvalue weighted by atomic mass is 9.92. The average molecular weight is 640 g/mol. The molecule has 3 nitrogen and oxygen atoms in total. The van der Waals surface area contributed by atoms with Crippen molar-refractivity contribution in [3.63, 3.8) is 0 Å². The summed E-state index contributed by atoms with van der Waals surface area (Å²) in [6, 6.07) is 52.4. The van der Waals surface area contributed by atoms with Gasteiger partial charge in [-0.25, -0.2) is 9.97 Å². The van der Waals surface area contributed by atoms with Crippen LogP contribution < -0.4 is 0 Å². The van der Waals surface area contributed by atoms with Crippen molar-refractivity contribution in [2.45, 2.75) is 18.9 Å². The Bertz CT molecular complexity index is 2860. The second-order valence-electron chi connectivity index (χ2n) is 13.6. The fourth-order valence-electron chi connectivity index (χ4n) is 7.98. The van der Waals surface area contributed by atoms with Gasteiger partial charge in [-0.15, -0.1) is 0 Å². The molecule has 1 aliphatic carbocycles. The van der Waals surface area contributed by atoms with Crippen LogP contribution in [0.2, 0.25) is 0 Å². The minimum atomic E-state index is -0.176. The molecule has 0 N–H and O–H groups in total. The quantitative estimate of drug-likeness (QED) is 0.192. The van der Waals surface area contributed by atoms with Gasteiger partial charge in [-0.2, -0.15) is 0 Å². The van der Waals surface area contributed by atoms with Gasteiger partial charge in [0.25, 0.3) is 0 Å². The van der Waals surface area contributed by atoms with Crippen LogP contribution in [0.5, 0.6) is 0 Å². The first-order valence-corrected chi connectivity index (χ1v) is 17.3. The Balaban J connectivity index is 1.14. The smallest absolute Gasteiger partial charge is 0.160 e. The second kappa shape index (κ2) is 11.1. The van der Waals surface area contributed by atoms with E-state index in [9.17, 15) is 0 Å². The predicted octanol–water partition coefficient (Wildman–Crippen LogP) is 12.3. The maximum absolute atomic E-state index is 5.31. The Morgan fingerprint density at radius 1 is 0.520 bits per heavy atom. The zero-order valence-corrected chi connectivity index (χ0v) is 27.7. The third-order valence-corrected chi connectivity index (χ3v) is 10.5. The van der Waals surface area contributed by atoms with E-state index < -0.39 is 0 Å². The van der Waals surface area contributed by atoms with Crippen LogP contribution in [0.15, 0.2) is 170 Å². The summed E-state index contributed by atoms with van der Waals surface area (Å²) in [6.45, 7) is 2.33. The maximum Gasteiger partial charge on any atom is 0.160 e. The van der Waals surface area contributed by atoms with Crippen molar-refractivity contribution in [1.29, 1.82) is 0 Å². The van der Waals surface area contributed by atoms with E-state index in [1.165, 1.54) is 54.5 Å². The molecule has 0 fully saturated rings. The summed E-state index contributed by atoms with van der Waals surface area (Å²) in [5, 5.41) is 8.53. The first-order chi connectivity index (χ1) is 24.6. The number of aromatic nitrogens is 3. The number of hydrogen-bond acceptors (Lipinski definition) is 2. The molecule has 0 saturated carbocycles. The molecule has 1 atom stereocenters. The molecule has 1 unspecified atom stereocenters. The van der Waals surface area contributed by atoms with E-state index in [1.807, 2.05) is 0 Å². The van der Waals surface area contributed by atoms with Gasteiger partial charge in [0.1, 0.15) is 0 Å². The number of allylic oxidation sites excluding steroid dienone is 4. The summed E-state index contributed by atoms with van der Waals surface area (Å²) in [5.41, 5.74) is 8.63. The highest BCUT2D eigenvalue weighted by Crippen LogP contribution is 2.42. The molecule has 0 aliphatic heterocycles.